The number of phenolic OH excluding ortho intramolecular Hbond substituents is 4. The van der Waals surface area contributed by atoms with Crippen LogP contribution in [0.1, 0.15) is 22.9 Å². The summed E-state index contributed by atoms with van der Waals surface area (Å²) < 4.78 is 5.25. The molecule has 1 heterocycles. The highest BCUT2D eigenvalue weighted by molar-refractivity contribution is 7.13. The molecule has 0 saturated heterocycles. The fourth-order valence-electron chi connectivity index (χ4n) is 3.44. The highest BCUT2D eigenvalue weighted by Gasteiger charge is 2.54. The Morgan fingerprint density at radius 2 is 1.65 bits per heavy atom. The summed E-state index contributed by atoms with van der Waals surface area (Å²) >= 11 is 1.07. The average Bonchev–Trinajstić information content (AvgIpc) is 3.25. The van der Waals surface area contributed by atoms with Gasteiger partial charge in [-0.1, -0.05) is 30.3 Å². The molecule has 15 heteroatoms. The van der Waals surface area contributed by atoms with E-state index in [2.05, 4.69) is 4.98 Å². The zero-order valence-corrected chi connectivity index (χ0v) is 20.1. The average molecular weight is 539 g/mol. The number of nitrogens with zero attached hydrogens (tertiary/aromatic N) is 1. The van der Waals surface area contributed by atoms with E-state index in [9.17, 15) is 45.6 Å². The van der Waals surface area contributed by atoms with Gasteiger partial charge in [-0.3, -0.25) is 10.1 Å². The number of rotatable bonds is 10. The second-order valence-corrected chi connectivity index (χ2v) is 8.80. The standard InChI is InChI=1S/C22H26N4O10S/c1-36-12(10-5-3-2-4-6-10)8-24-22(34,35)21(32,33)14-16(28)18(30)15(19(31)17(14)29)26-13(27)7-11-9-37-20(23)25-11/h2-6,9,12,24,28-35H,7-8H2,1H3,(H2,23,25)(H,26,27). The van der Waals surface area contributed by atoms with E-state index in [1.165, 1.54) is 12.5 Å². The maximum Gasteiger partial charge on any atom is 0.284 e. The number of anilines is 2. The number of nitrogen functional groups attached to an aromatic ring is 1. The van der Waals surface area contributed by atoms with Crippen molar-refractivity contribution >= 4 is 28.1 Å². The molecule has 14 nitrogen and oxygen atoms in total. The summed E-state index contributed by atoms with van der Waals surface area (Å²) in [4.78, 5) is 16.2. The molecule has 0 aliphatic rings. The van der Waals surface area contributed by atoms with Crippen molar-refractivity contribution in [3.05, 3.63) is 52.5 Å². The van der Waals surface area contributed by atoms with Crippen LogP contribution in [0.2, 0.25) is 0 Å². The van der Waals surface area contributed by atoms with Crippen LogP contribution in [-0.2, 0) is 21.7 Å². The van der Waals surface area contributed by atoms with E-state index in [4.69, 9.17) is 10.5 Å². The Hall–Kier alpha value is -3.70. The lowest BCUT2D eigenvalue weighted by Crippen LogP contribution is -2.62. The number of phenols is 4. The molecule has 12 N–H and O–H groups in total. The number of thiazole rings is 1. The minimum Gasteiger partial charge on any atom is -0.504 e. The number of methoxy groups -OCH3 is 1. The first kappa shape index (κ1) is 27.9. The van der Waals surface area contributed by atoms with Gasteiger partial charge in [-0.05, 0) is 5.56 Å². The molecule has 1 unspecified atom stereocenters. The molecule has 0 radical (unpaired) electrons. The normalized spacial score (nSPS) is 12.9. The number of aliphatic hydroxyl groups is 4. The molecule has 0 saturated carbocycles. The third-order valence-corrected chi connectivity index (χ3v) is 6.12. The van der Waals surface area contributed by atoms with Crippen molar-refractivity contribution in [1.82, 2.24) is 10.3 Å². The van der Waals surface area contributed by atoms with Gasteiger partial charge < -0.3 is 56.6 Å². The smallest absolute Gasteiger partial charge is 0.284 e. The number of ether oxygens (including phenoxy) is 1. The van der Waals surface area contributed by atoms with Crippen LogP contribution in [0.15, 0.2) is 35.7 Å². The number of nitrogens with two attached hydrogens (primary N) is 1. The first-order valence-electron chi connectivity index (χ1n) is 10.5. The Labute approximate surface area is 213 Å². The summed E-state index contributed by atoms with van der Waals surface area (Å²) in [6.45, 7) is -0.412. The summed E-state index contributed by atoms with van der Waals surface area (Å²) in [7, 11) is 1.32. The molecule has 0 spiro atoms. The van der Waals surface area contributed by atoms with Gasteiger partial charge in [0.2, 0.25) is 5.91 Å². The predicted octanol–water partition coefficient (Wildman–Crippen LogP) is -0.518. The van der Waals surface area contributed by atoms with E-state index in [0.717, 1.165) is 11.3 Å². The molecule has 1 aromatic heterocycles. The van der Waals surface area contributed by atoms with Crippen molar-refractivity contribution in [2.75, 3.05) is 24.7 Å². The first-order valence-corrected chi connectivity index (χ1v) is 11.4. The minimum absolute atomic E-state index is 0.195. The van der Waals surface area contributed by atoms with Crippen molar-refractivity contribution < 1.29 is 50.4 Å². The molecular weight excluding hydrogens is 512 g/mol. The summed E-state index contributed by atoms with van der Waals surface area (Å²) in [6.07, 6.45) is -1.16. The van der Waals surface area contributed by atoms with E-state index >= 15 is 0 Å². The molecule has 0 aliphatic carbocycles. The lowest BCUT2D eigenvalue weighted by Gasteiger charge is -2.37. The lowest BCUT2D eigenvalue weighted by molar-refractivity contribution is -0.380. The molecule has 1 atom stereocenters. The van der Waals surface area contributed by atoms with Gasteiger partial charge in [0, 0.05) is 19.0 Å². The number of benzene rings is 2. The number of aromatic nitrogens is 1. The number of hydrogen-bond donors (Lipinski definition) is 11. The van der Waals surface area contributed by atoms with Crippen LogP contribution in [-0.4, -0.2) is 71.3 Å². The minimum atomic E-state index is -3.92. The molecule has 2 aromatic carbocycles. The first-order chi connectivity index (χ1) is 17.3. The van der Waals surface area contributed by atoms with Crippen molar-refractivity contribution in [3.63, 3.8) is 0 Å². The second-order valence-electron chi connectivity index (χ2n) is 7.91. The number of carbonyl (C=O) groups excluding carboxylic acids is 1. The van der Waals surface area contributed by atoms with Gasteiger partial charge in [0.1, 0.15) is 11.3 Å². The maximum atomic E-state index is 12.3. The quantitative estimate of drug-likeness (QED) is 0.0884. The number of aromatic hydroxyl groups is 4. The van der Waals surface area contributed by atoms with Gasteiger partial charge in [-0.15, -0.1) is 11.3 Å². The van der Waals surface area contributed by atoms with Crippen LogP contribution in [0.3, 0.4) is 0 Å². The zero-order valence-electron chi connectivity index (χ0n) is 19.3. The highest BCUT2D eigenvalue weighted by atomic mass is 32.1. The topological polar surface area (TPSA) is 251 Å². The van der Waals surface area contributed by atoms with Crippen molar-refractivity contribution in [2.45, 2.75) is 24.2 Å². The van der Waals surface area contributed by atoms with Crippen molar-refractivity contribution in [2.24, 2.45) is 0 Å². The molecule has 3 aromatic rings. The van der Waals surface area contributed by atoms with Gasteiger partial charge in [-0.2, -0.15) is 0 Å². The Morgan fingerprint density at radius 1 is 1.05 bits per heavy atom. The summed E-state index contributed by atoms with van der Waals surface area (Å²) in [5.74, 6) is -14.0. The Morgan fingerprint density at radius 3 is 2.16 bits per heavy atom. The van der Waals surface area contributed by atoms with Crippen LogP contribution in [0.25, 0.3) is 0 Å². The third-order valence-electron chi connectivity index (χ3n) is 5.40. The number of amides is 1. The van der Waals surface area contributed by atoms with E-state index in [1.54, 1.807) is 30.3 Å². The molecule has 1 amide bonds. The van der Waals surface area contributed by atoms with Crippen molar-refractivity contribution in [3.8, 4) is 23.0 Å². The van der Waals surface area contributed by atoms with E-state index in [-0.39, 0.29) is 17.2 Å². The van der Waals surface area contributed by atoms with E-state index in [1.807, 2.05) is 10.6 Å². The van der Waals surface area contributed by atoms with Gasteiger partial charge in [-0.25, -0.2) is 4.98 Å². The molecule has 200 valence electrons. The summed E-state index contributed by atoms with van der Waals surface area (Å²) in [6, 6.07) is 8.47. The third kappa shape index (κ3) is 5.67. The molecule has 0 aliphatic heterocycles. The van der Waals surface area contributed by atoms with E-state index in [0.29, 0.717) is 5.56 Å². The SMILES string of the molecule is COC(CNC(O)(O)C(O)(O)c1c(O)c(O)c(NC(=O)Cc2csc(N)n2)c(O)c1O)c1ccccc1. The lowest BCUT2D eigenvalue weighted by atomic mass is 9.97. The zero-order chi connectivity index (χ0) is 27.5. The maximum absolute atomic E-state index is 12.3. The van der Waals surface area contributed by atoms with Crippen LogP contribution >= 0.6 is 11.3 Å². The van der Waals surface area contributed by atoms with Gasteiger partial charge in [0.05, 0.1) is 18.2 Å². The molecule has 3 rings (SSSR count). The Bertz CT molecular complexity index is 1240. The Kier molecular flexibility index (Phi) is 8.09. The molecule has 37 heavy (non-hydrogen) atoms. The summed E-state index contributed by atoms with van der Waals surface area (Å²) in [5, 5.41) is 89.2. The molecular formula is C22H26N4O10S. The number of hydrogen-bond acceptors (Lipinski definition) is 14. The second kappa shape index (κ2) is 10.7. The number of nitrogens with one attached hydrogen (secondary N) is 2. The fourth-order valence-corrected chi connectivity index (χ4v) is 4.00. The molecule has 0 bridgehead atoms. The van der Waals surface area contributed by atoms with E-state index < -0.39 is 64.5 Å². The van der Waals surface area contributed by atoms with Crippen molar-refractivity contribution in [1.29, 1.82) is 0 Å². The van der Waals surface area contributed by atoms with Crippen LogP contribution in [0.4, 0.5) is 10.8 Å². The van der Waals surface area contributed by atoms with Gasteiger partial charge >= 0.3 is 0 Å². The van der Waals surface area contributed by atoms with Crippen LogP contribution < -0.4 is 16.4 Å². The summed E-state index contributed by atoms with van der Waals surface area (Å²) in [5.41, 5.74) is 3.98. The largest absolute Gasteiger partial charge is 0.504 e. The van der Waals surface area contributed by atoms with Gasteiger partial charge in [0.15, 0.2) is 28.1 Å². The highest BCUT2D eigenvalue weighted by Crippen LogP contribution is 2.54. The number of carbonyl (C=O) groups is 1. The monoisotopic (exact) mass is 538 g/mol. The molecule has 0 fully saturated rings. The predicted molar refractivity (Wildman–Crippen MR) is 129 cm³/mol. The fraction of sp³-hybridized carbons (Fsp3) is 0.273. The van der Waals surface area contributed by atoms with Crippen LogP contribution in [0, 0.1) is 0 Å². The van der Waals surface area contributed by atoms with Crippen LogP contribution in [0.5, 0.6) is 23.0 Å². The Balaban J connectivity index is 1.87. The van der Waals surface area contributed by atoms with Gasteiger partial charge in [0.25, 0.3) is 11.7 Å².